The molecule has 1 aromatic carbocycles. The molecule has 1 saturated carbocycles. The molecule has 25 heavy (non-hydrogen) atoms. The van der Waals surface area contributed by atoms with E-state index in [1.165, 1.54) is 18.4 Å². The van der Waals surface area contributed by atoms with E-state index < -0.39 is 0 Å². The summed E-state index contributed by atoms with van der Waals surface area (Å²) in [5.41, 5.74) is 6.98. The van der Waals surface area contributed by atoms with Gasteiger partial charge in [-0.15, -0.1) is 0 Å². The molecule has 6 heteroatoms. The molecular weight excluding hydrogens is 318 g/mol. The fraction of sp³-hybridized carbons (Fsp3) is 0.579. The van der Waals surface area contributed by atoms with Crippen molar-refractivity contribution >= 4 is 17.5 Å². The number of amides is 2. The van der Waals surface area contributed by atoms with Crippen LogP contribution in [-0.4, -0.2) is 44.5 Å². The van der Waals surface area contributed by atoms with E-state index in [2.05, 4.69) is 5.32 Å². The zero-order valence-electron chi connectivity index (χ0n) is 15.4. The van der Waals surface area contributed by atoms with Gasteiger partial charge in [-0.1, -0.05) is 19.3 Å². The van der Waals surface area contributed by atoms with Crippen LogP contribution in [0.2, 0.25) is 0 Å². The number of carbonyl (C=O) groups excluding carboxylic acids is 2. The number of rotatable bonds is 6. The van der Waals surface area contributed by atoms with Crippen molar-refractivity contribution in [3.63, 3.8) is 0 Å². The van der Waals surface area contributed by atoms with Crippen molar-refractivity contribution < 1.29 is 14.3 Å². The summed E-state index contributed by atoms with van der Waals surface area (Å²) < 4.78 is 5.35. The molecule has 1 aliphatic carbocycles. The van der Waals surface area contributed by atoms with E-state index in [9.17, 15) is 9.59 Å². The smallest absolute Gasteiger partial charge is 0.253 e. The molecule has 0 saturated heterocycles. The van der Waals surface area contributed by atoms with Crippen LogP contribution in [0.15, 0.2) is 18.2 Å². The average Bonchev–Trinajstić information content (AvgIpc) is 2.62. The minimum Gasteiger partial charge on any atom is -0.495 e. The Bertz CT molecular complexity index is 622. The zero-order chi connectivity index (χ0) is 18.4. The van der Waals surface area contributed by atoms with Crippen molar-refractivity contribution in [3.8, 4) is 5.75 Å². The number of ether oxygens (including phenoxy) is 1. The van der Waals surface area contributed by atoms with E-state index >= 15 is 0 Å². The molecule has 0 aromatic heterocycles. The average molecular weight is 347 g/mol. The minimum absolute atomic E-state index is 0.0580. The first kappa shape index (κ1) is 19.2. The summed E-state index contributed by atoms with van der Waals surface area (Å²) in [5, 5.41) is 2.92. The molecule has 0 heterocycles. The van der Waals surface area contributed by atoms with E-state index in [4.69, 9.17) is 10.5 Å². The predicted octanol–water partition coefficient (Wildman–Crippen LogP) is 2.63. The largest absolute Gasteiger partial charge is 0.495 e. The van der Waals surface area contributed by atoms with Crippen molar-refractivity contribution in [3.05, 3.63) is 23.8 Å². The summed E-state index contributed by atoms with van der Waals surface area (Å²) in [6, 6.07) is 5.06. The number of hydrogen-bond acceptors (Lipinski definition) is 4. The number of carbonyl (C=O) groups is 2. The van der Waals surface area contributed by atoms with Gasteiger partial charge in [0, 0.05) is 26.1 Å². The van der Waals surface area contributed by atoms with Gasteiger partial charge in [0.15, 0.2) is 0 Å². The maximum atomic E-state index is 12.5. The first-order valence-electron chi connectivity index (χ1n) is 8.80. The molecule has 3 N–H and O–H groups in total. The Morgan fingerprint density at radius 1 is 1.24 bits per heavy atom. The monoisotopic (exact) mass is 347 g/mol. The molecule has 0 bridgehead atoms. The summed E-state index contributed by atoms with van der Waals surface area (Å²) in [6.07, 6.45) is 5.92. The number of nitrogens with two attached hydrogens (primary N) is 1. The van der Waals surface area contributed by atoms with E-state index in [-0.39, 0.29) is 17.2 Å². The lowest BCUT2D eigenvalue weighted by Gasteiger charge is -2.35. The van der Waals surface area contributed by atoms with Gasteiger partial charge in [-0.3, -0.25) is 9.59 Å². The van der Waals surface area contributed by atoms with Crippen molar-refractivity contribution in [2.45, 2.75) is 38.5 Å². The van der Waals surface area contributed by atoms with Crippen LogP contribution < -0.4 is 15.8 Å². The SMILES string of the molecule is COc1cc(C(=O)N(C)C)ccc1NC(=O)CC1(CN)CCCCC1. The van der Waals surface area contributed by atoms with Crippen LogP contribution in [0.5, 0.6) is 5.75 Å². The third kappa shape index (κ3) is 4.72. The van der Waals surface area contributed by atoms with Gasteiger partial charge in [0.2, 0.25) is 5.91 Å². The van der Waals surface area contributed by atoms with E-state index in [0.717, 1.165) is 25.7 Å². The Labute approximate surface area is 149 Å². The second kappa shape index (κ2) is 8.34. The molecule has 2 amide bonds. The van der Waals surface area contributed by atoms with Gasteiger partial charge in [0.05, 0.1) is 12.8 Å². The van der Waals surface area contributed by atoms with Crippen LogP contribution in [0.4, 0.5) is 5.69 Å². The van der Waals surface area contributed by atoms with Gasteiger partial charge < -0.3 is 20.7 Å². The maximum absolute atomic E-state index is 12.5. The molecule has 1 fully saturated rings. The normalized spacial score (nSPS) is 16.2. The Hall–Kier alpha value is -2.08. The second-order valence-electron chi connectivity index (χ2n) is 7.10. The summed E-state index contributed by atoms with van der Waals surface area (Å²) in [6.45, 7) is 0.536. The molecule has 0 spiro atoms. The number of methoxy groups -OCH3 is 1. The second-order valence-corrected chi connectivity index (χ2v) is 7.10. The highest BCUT2D eigenvalue weighted by atomic mass is 16.5. The Morgan fingerprint density at radius 2 is 1.92 bits per heavy atom. The quantitative estimate of drug-likeness (QED) is 0.828. The summed E-state index contributed by atoms with van der Waals surface area (Å²) in [5.74, 6) is 0.310. The first-order valence-corrected chi connectivity index (χ1v) is 8.80. The first-order chi connectivity index (χ1) is 11.9. The Kier molecular flexibility index (Phi) is 6.42. The molecule has 1 aromatic rings. The zero-order valence-corrected chi connectivity index (χ0v) is 15.4. The van der Waals surface area contributed by atoms with Gasteiger partial charge in [0.25, 0.3) is 5.91 Å². The number of nitrogens with zero attached hydrogens (tertiary/aromatic N) is 1. The van der Waals surface area contributed by atoms with E-state index in [1.54, 1.807) is 32.3 Å². The van der Waals surface area contributed by atoms with Crippen molar-refractivity contribution in [2.75, 3.05) is 33.1 Å². The van der Waals surface area contributed by atoms with Crippen LogP contribution in [0.25, 0.3) is 0 Å². The van der Waals surface area contributed by atoms with Gasteiger partial charge in [-0.2, -0.15) is 0 Å². The van der Waals surface area contributed by atoms with Crippen molar-refractivity contribution in [1.29, 1.82) is 0 Å². The fourth-order valence-electron chi connectivity index (χ4n) is 3.48. The molecule has 6 nitrogen and oxygen atoms in total. The number of nitrogens with one attached hydrogen (secondary N) is 1. The summed E-state index contributed by atoms with van der Waals surface area (Å²) >= 11 is 0. The molecule has 0 aliphatic heterocycles. The van der Waals surface area contributed by atoms with Gasteiger partial charge >= 0.3 is 0 Å². The lowest BCUT2D eigenvalue weighted by Crippen LogP contribution is -2.36. The van der Waals surface area contributed by atoms with Crippen LogP contribution in [0, 0.1) is 5.41 Å². The van der Waals surface area contributed by atoms with E-state index in [1.807, 2.05) is 0 Å². The number of hydrogen-bond donors (Lipinski definition) is 2. The molecule has 0 unspecified atom stereocenters. The molecule has 0 atom stereocenters. The maximum Gasteiger partial charge on any atom is 0.253 e. The van der Waals surface area contributed by atoms with Crippen LogP contribution in [-0.2, 0) is 4.79 Å². The highest BCUT2D eigenvalue weighted by Crippen LogP contribution is 2.39. The Morgan fingerprint density at radius 3 is 2.48 bits per heavy atom. The van der Waals surface area contributed by atoms with Gasteiger partial charge in [-0.05, 0) is 43.0 Å². The standard InChI is InChI=1S/C19H29N3O3/c1-22(2)18(24)14-7-8-15(16(11-14)25-3)21-17(23)12-19(13-20)9-5-4-6-10-19/h7-8,11H,4-6,9-10,12-13,20H2,1-3H3,(H,21,23). The third-order valence-corrected chi connectivity index (χ3v) is 5.01. The lowest BCUT2D eigenvalue weighted by molar-refractivity contribution is -0.118. The van der Waals surface area contributed by atoms with Crippen LogP contribution >= 0.6 is 0 Å². The summed E-state index contributed by atoms with van der Waals surface area (Å²) in [4.78, 5) is 26.1. The molecular formula is C19H29N3O3. The molecule has 1 aliphatic rings. The highest BCUT2D eigenvalue weighted by molar-refractivity contribution is 5.97. The lowest BCUT2D eigenvalue weighted by atomic mass is 9.71. The van der Waals surface area contributed by atoms with Crippen LogP contribution in [0.3, 0.4) is 0 Å². The van der Waals surface area contributed by atoms with Gasteiger partial charge in [-0.25, -0.2) is 0 Å². The minimum atomic E-state index is -0.111. The van der Waals surface area contributed by atoms with Crippen LogP contribution in [0.1, 0.15) is 48.9 Å². The Balaban J connectivity index is 2.10. The number of benzene rings is 1. The van der Waals surface area contributed by atoms with Gasteiger partial charge in [0.1, 0.15) is 5.75 Å². The third-order valence-electron chi connectivity index (χ3n) is 5.01. The van der Waals surface area contributed by atoms with Crippen molar-refractivity contribution in [2.24, 2.45) is 11.1 Å². The topological polar surface area (TPSA) is 84.7 Å². The highest BCUT2D eigenvalue weighted by Gasteiger charge is 2.33. The molecule has 138 valence electrons. The predicted molar refractivity (Wildman–Crippen MR) is 98.8 cm³/mol. The molecule has 0 radical (unpaired) electrons. The van der Waals surface area contributed by atoms with E-state index in [0.29, 0.717) is 30.0 Å². The molecule has 2 rings (SSSR count). The fourth-order valence-corrected chi connectivity index (χ4v) is 3.48. The summed E-state index contributed by atoms with van der Waals surface area (Å²) in [7, 11) is 4.92. The van der Waals surface area contributed by atoms with Crippen molar-refractivity contribution in [1.82, 2.24) is 4.90 Å². The number of anilines is 1.